The Morgan fingerprint density at radius 2 is 2.10 bits per heavy atom. The molecule has 1 aromatic carbocycles. The minimum absolute atomic E-state index is 0.368. The van der Waals surface area contributed by atoms with Crippen molar-refractivity contribution in [3.8, 4) is 0 Å². The lowest BCUT2D eigenvalue weighted by Gasteiger charge is -2.12. The van der Waals surface area contributed by atoms with E-state index in [1.54, 1.807) is 5.38 Å². The Hall–Kier alpha value is -1.92. The zero-order chi connectivity index (χ0) is 14.7. The maximum atomic E-state index is 10.8. The van der Waals surface area contributed by atoms with Crippen molar-refractivity contribution in [2.75, 3.05) is 5.32 Å². The Morgan fingerprint density at radius 3 is 2.75 bits per heavy atom. The average molecular weight is 291 g/mol. The first kappa shape index (κ1) is 14.5. The highest BCUT2D eigenvalue weighted by atomic mass is 32.1. The van der Waals surface area contributed by atoms with E-state index in [0.717, 1.165) is 5.69 Å². The number of para-hydroxylation sites is 1. The molecule has 0 fully saturated rings. The molecule has 6 heteroatoms. The van der Waals surface area contributed by atoms with E-state index in [1.807, 2.05) is 18.2 Å². The Labute approximate surface area is 121 Å². The second-order valence-electron chi connectivity index (χ2n) is 4.76. The van der Waals surface area contributed by atoms with Gasteiger partial charge in [-0.15, -0.1) is 11.3 Å². The molecular weight excluding hydrogens is 274 g/mol. The molecule has 0 amide bonds. The Bertz CT molecular complexity index is 610. The summed E-state index contributed by atoms with van der Waals surface area (Å²) in [4.78, 5) is 15.1. The van der Waals surface area contributed by atoms with Gasteiger partial charge in [0.2, 0.25) is 0 Å². The van der Waals surface area contributed by atoms with Crippen LogP contribution >= 0.6 is 11.3 Å². The fourth-order valence-corrected chi connectivity index (χ4v) is 2.60. The van der Waals surface area contributed by atoms with E-state index in [4.69, 9.17) is 10.8 Å². The van der Waals surface area contributed by atoms with Crippen molar-refractivity contribution < 1.29 is 9.90 Å². The summed E-state index contributed by atoms with van der Waals surface area (Å²) >= 11 is 1.34. The van der Waals surface area contributed by atoms with E-state index in [9.17, 15) is 4.79 Å². The van der Waals surface area contributed by atoms with Gasteiger partial charge in [0.05, 0.1) is 5.69 Å². The molecule has 5 nitrogen and oxygen atoms in total. The van der Waals surface area contributed by atoms with E-state index < -0.39 is 12.0 Å². The number of benzene rings is 1. The number of nitrogens with zero attached hydrogens (tertiary/aromatic N) is 1. The lowest BCUT2D eigenvalue weighted by Crippen LogP contribution is -2.20. The molecule has 2 rings (SSSR count). The number of rotatable bonds is 5. The molecule has 20 heavy (non-hydrogen) atoms. The molecule has 1 heterocycles. The normalized spacial score (nSPS) is 12.4. The van der Waals surface area contributed by atoms with E-state index in [0.29, 0.717) is 16.7 Å². The molecule has 1 unspecified atom stereocenters. The quantitative estimate of drug-likeness (QED) is 0.787. The predicted octanol–water partition coefficient (Wildman–Crippen LogP) is 3.09. The predicted molar refractivity (Wildman–Crippen MR) is 80.5 cm³/mol. The van der Waals surface area contributed by atoms with Gasteiger partial charge in [0.15, 0.2) is 5.13 Å². The Balaban J connectivity index is 2.21. The van der Waals surface area contributed by atoms with Crippen molar-refractivity contribution in [3.63, 3.8) is 0 Å². The Morgan fingerprint density at radius 1 is 1.40 bits per heavy atom. The third-order valence-corrected chi connectivity index (χ3v) is 3.71. The standard InChI is InChI=1S/C14H17N3O2S/c1-8(2)9-5-3-4-6-10(9)16-14-17-11(7-20-14)12(15)13(18)19/h3-8,12H,15H2,1-2H3,(H,16,17)(H,18,19). The fraction of sp³-hybridized carbons (Fsp3) is 0.286. The second-order valence-corrected chi connectivity index (χ2v) is 5.62. The molecule has 0 aliphatic heterocycles. The molecule has 2 aromatic rings. The topological polar surface area (TPSA) is 88.2 Å². The fourth-order valence-electron chi connectivity index (χ4n) is 1.84. The molecule has 0 aliphatic rings. The number of carboxylic acids is 1. The molecule has 0 bridgehead atoms. The van der Waals surface area contributed by atoms with Crippen molar-refractivity contribution >= 4 is 28.1 Å². The highest BCUT2D eigenvalue weighted by Gasteiger charge is 2.18. The highest BCUT2D eigenvalue weighted by molar-refractivity contribution is 7.13. The molecule has 0 spiro atoms. The lowest BCUT2D eigenvalue weighted by molar-refractivity contribution is -0.138. The SMILES string of the molecule is CC(C)c1ccccc1Nc1nc(C(N)C(=O)O)cs1. The molecule has 0 aliphatic carbocycles. The third-order valence-electron chi connectivity index (χ3n) is 2.93. The summed E-state index contributed by atoms with van der Waals surface area (Å²) in [6.45, 7) is 4.24. The van der Waals surface area contributed by atoms with Crippen molar-refractivity contribution in [1.29, 1.82) is 0 Å². The molecule has 4 N–H and O–H groups in total. The minimum atomic E-state index is -1.08. The van der Waals surface area contributed by atoms with Crippen LogP contribution in [-0.4, -0.2) is 16.1 Å². The molecule has 0 saturated heterocycles. The van der Waals surface area contributed by atoms with E-state index in [2.05, 4.69) is 30.2 Å². The largest absolute Gasteiger partial charge is 0.480 e. The summed E-state index contributed by atoms with van der Waals surface area (Å²) in [7, 11) is 0. The van der Waals surface area contributed by atoms with Gasteiger partial charge in [0.1, 0.15) is 6.04 Å². The van der Waals surface area contributed by atoms with Gasteiger partial charge >= 0.3 is 5.97 Å². The number of nitrogens with two attached hydrogens (primary N) is 1. The number of nitrogens with one attached hydrogen (secondary N) is 1. The van der Waals surface area contributed by atoms with Crippen LogP contribution in [0.2, 0.25) is 0 Å². The van der Waals surface area contributed by atoms with Gasteiger partial charge in [-0.25, -0.2) is 4.98 Å². The van der Waals surface area contributed by atoms with Crippen LogP contribution in [0, 0.1) is 0 Å². The number of hydrogen-bond donors (Lipinski definition) is 3. The zero-order valence-corrected chi connectivity index (χ0v) is 12.1. The summed E-state index contributed by atoms with van der Waals surface area (Å²) in [5, 5.41) is 14.4. The van der Waals surface area contributed by atoms with Crippen LogP contribution in [0.25, 0.3) is 0 Å². The van der Waals surface area contributed by atoms with Crippen LogP contribution in [-0.2, 0) is 4.79 Å². The van der Waals surface area contributed by atoms with Gasteiger partial charge in [0.25, 0.3) is 0 Å². The van der Waals surface area contributed by atoms with Crippen LogP contribution < -0.4 is 11.1 Å². The van der Waals surface area contributed by atoms with Gasteiger partial charge in [-0.2, -0.15) is 0 Å². The minimum Gasteiger partial charge on any atom is -0.480 e. The van der Waals surface area contributed by atoms with Crippen LogP contribution in [0.1, 0.15) is 37.1 Å². The molecule has 0 saturated carbocycles. The van der Waals surface area contributed by atoms with E-state index in [-0.39, 0.29) is 0 Å². The molecule has 0 radical (unpaired) electrons. The van der Waals surface area contributed by atoms with Crippen molar-refractivity contribution in [2.45, 2.75) is 25.8 Å². The third kappa shape index (κ3) is 3.15. The van der Waals surface area contributed by atoms with E-state index in [1.165, 1.54) is 16.9 Å². The monoisotopic (exact) mass is 291 g/mol. The number of aromatic nitrogens is 1. The molecular formula is C14H17N3O2S. The lowest BCUT2D eigenvalue weighted by atomic mass is 10.0. The van der Waals surface area contributed by atoms with Gasteiger partial charge in [-0.1, -0.05) is 32.0 Å². The van der Waals surface area contributed by atoms with Crippen LogP contribution in [0.3, 0.4) is 0 Å². The summed E-state index contributed by atoms with van der Waals surface area (Å²) in [5.41, 5.74) is 8.07. The maximum absolute atomic E-state index is 10.8. The first-order valence-electron chi connectivity index (χ1n) is 6.28. The summed E-state index contributed by atoms with van der Waals surface area (Å²) in [6, 6.07) is 6.90. The number of carbonyl (C=O) groups is 1. The van der Waals surface area contributed by atoms with Crippen molar-refractivity contribution in [1.82, 2.24) is 4.98 Å². The summed E-state index contributed by atoms with van der Waals surface area (Å²) in [6.07, 6.45) is 0. The van der Waals surface area contributed by atoms with Gasteiger partial charge in [-0.05, 0) is 17.5 Å². The van der Waals surface area contributed by atoms with Gasteiger partial charge in [0, 0.05) is 11.1 Å². The van der Waals surface area contributed by atoms with Crippen LogP contribution in [0.15, 0.2) is 29.6 Å². The van der Waals surface area contributed by atoms with Crippen molar-refractivity contribution in [2.24, 2.45) is 5.73 Å². The smallest absolute Gasteiger partial charge is 0.326 e. The molecule has 106 valence electrons. The Kier molecular flexibility index (Phi) is 4.36. The molecule has 1 aromatic heterocycles. The number of hydrogen-bond acceptors (Lipinski definition) is 5. The maximum Gasteiger partial charge on any atom is 0.326 e. The molecule has 1 atom stereocenters. The number of anilines is 2. The van der Waals surface area contributed by atoms with Gasteiger partial charge < -0.3 is 16.2 Å². The first-order chi connectivity index (χ1) is 9.49. The van der Waals surface area contributed by atoms with Crippen LogP contribution in [0.4, 0.5) is 10.8 Å². The highest BCUT2D eigenvalue weighted by Crippen LogP contribution is 2.29. The summed E-state index contributed by atoms with van der Waals surface area (Å²) < 4.78 is 0. The number of carboxylic acid groups (broad SMARTS) is 1. The van der Waals surface area contributed by atoms with Gasteiger partial charge in [-0.3, -0.25) is 4.79 Å². The van der Waals surface area contributed by atoms with Crippen LogP contribution in [0.5, 0.6) is 0 Å². The van der Waals surface area contributed by atoms with Crippen molar-refractivity contribution in [3.05, 3.63) is 40.9 Å². The first-order valence-corrected chi connectivity index (χ1v) is 7.16. The second kappa shape index (κ2) is 6.02. The number of aliphatic carboxylic acids is 1. The summed E-state index contributed by atoms with van der Waals surface area (Å²) in [5.74, 6) is -0.691. The average Bonchev–Trinajstić information content (AvgIpc) is 2.86. The zero-order valence-electron chi connectivity index (χ0n) is 11.3. The van der Waals surface area contributed by atoms with E-state index >= 15 is 0 Å². The number of thiazole rings is 1.